The summed E-state index contributed by atoms with van der Waals surface area (Å²) in [6.07, 6.45) is 0. The largest absolute Gasteiger partial charge is 0.0616 e. The van der Waals surface area contributed by atoms with Crippen molar-refractivity contribution in [3.05, 3.63) is 507 Å². The number of hydrogen-bond acceptors (Lipinski definition) is 0. The molecule has 0 amide bonds. The summed E-state index contributed by atoms with van der Waals surface area (Å²) in [4.78, 5) is 0. The molecule has 3 aliphatic rings. The molecule has 0 heteroatoms. The van der Waals surface area contributed by atoms with E-state index >= 15 is 0 Å². The first-order valence-corrected chi connectivity index (χ1v) is 49.8. The zero-order chi connectivity index (χ0) is 93.8. The summed E-state index contributed by atoms with van der Waals surface area (Å²) in [6, 6.07) is 177. The molecule has 0 N–H and O–H groups in total. The first-order chi connectivity index (χ1) is 69.2. The van der Waals surface area contributed by atoms with Crippen molar-refractivity contribution in [3.63, 3.8) is 0 Å². The Hall–Kier alpha value is -17.2. The smallest absolute Gasteiger partial charge is 0.0159 e. The molecular formula is C141H96. The first kappa shape index (κ1) is 82.1. The van der Waals surface area contributed by atoms with E-state index in [4.69, 9.17) is 0 Å². The molecule has 27 aromatic rings. The summed E-state index contributed by atoms with van der Waals surface area (Å²) < 4.78 is 0. The van der Waals surface area contributed by atoms with Crippen molar-refractivity contribution in [3.8, 4) is 100 Å². The summed E-state index contributed by atoms with van der Waals surface area (Å²) in [5, 5.41) is 38.7. The molecule has 0 nitrogen and oxygen atoms in total. The Balaban J connectivity index is 0.000000104. The number of hydrogen-bond donors (Lipinski definition) is 0. The minimum Gasteiger partial charge on any atom is -0.0616 e. The second-order valence-corrected chi connectivity index (χ2v) is 41.0. The van der Waals surface area contributed by atoms with Gasteiger partial charge in [-0.15, -0.1) is 0 Å². The summed E-state index contributed by atoms with van der Waals surface area (Å²) in [5.41, 5.74) is 31.9. The van der Waals surface area contributed by atoms with Gasteiger partial charge in [0.1, 0.15) is 0 Å². The maximum atomic E-state index is 2.49. The van der Waals surface area contributed by atoms with Crippen molar-refractivity contribution in [1.82, 2.24) is 0 Å². The molecule has 30 rings (SSSR count). The van der Waals surface area contributed by atoms with Gasteiger partial charge >= 0.3 is 0 Å². The molecular weight excluding hydrogens is 1690 g/mol. The summed E-state index contributed by atoms with van der Waals surface area (Å²) in [7, 11) is 0. The number of fused-ring (bicyclic) bond motifs is 28. The molecule has 0 fully saturated rings. The minimum atomic E-state index is -0.0970. The highest BCUT2D eigenvalue weighted by Gasteiger charge is 2.40. The van der Waals surface area contributed by atoms with E-state index in [1.807, 2.05) is 0 Å². The lowest BCUT2D eigenvalue weighted by molar-refractivity contribution is 0.661. The predicted octanol–water partition coefficient (Wildman–Crippen LogP) is 39.3. The van der Waals surface area contributed by atoms with E-state index in [0.29, 0.717) is 0 Å². The van der Waals surface area contributed by atoms with E-state index < -0.39 is 0 Å². The summed E-state index contributed by atoms with van der Waals surface area (Å²) >= 11 is 0. The Morgan fingerprint density at radius 2 is 0.326 bits per heavy atom. The minimum absolute atomic E-state index is 0.0572. The third kappa shape index (κ3) is 12.4. The molecule has 0 radical (unpaired) electrons. The van der Waals surface area contributed by atoms with Gasteiger partial charge in [-0.05, 0) is 356 Å². The van der Waals surface area contributed by atoms with Crippen LogP contribution in [0.1, 0.15) is 74.9 Å². The van der Waals surface area contributed by atoms with Crippen LogP contribution in [0, 0.1) is 0 Å². The fourth-order valence-electron chi connectivity index (χ4n) is 25.8. The van der Waals surface area contributed by atoms with E-state index in [2.05, 4.69) is 515 Å². The normalized spacial score (nSPS) is 13.5. The van der Waals surface area contributed by atoms with Crippen LogP contribution < -0.4 is 0 Å². The van der Waals surface area contributed by atoms with Crippen LogP contribution in [0.15, 0.2) is 473 Å². The van der Waals surface area contributed by atoms with Crippen molar-refractivity contribution in [2.24, 2.45) is 0 Å². The van der Waals surface area contributed by atoms with Crippen LogP contribution in [0.2, 0.25) is 0 Å². The topological polar surface area (TPSA) is 0 Å². The summed E-state index contributed by atoms with van der Waals surface area (Å²) in [5.74, 6) is 0. The van der Waals surface area contributed by atoms with Crippen molar-refractivity contribution in [2.75, 3.05) is 0 Å². The molecule has 0 saturated carbocycles. The maximum absolute atomic E-state index is 2.49. The highest BCUT2D eigenvalue weighted by molar-refractivity contribution is 6.30. The fourth-order valence-corrected chi connectivity index (χ4v) is 25.8. The predicted molar refractivity (Wildman–Crippen MR) is 607 cm³/mol. The van der Waals surface area contributed by atoms with Crippen LogP contribution >= 0.6 is 0 Å². The average Bonchev–Trinajstić information content (AvgIpc) is 1.43. The molecule has 0 aliphatic heterocycles. The Morgan fingerprint density at radius 3 is 0.688 bits per heavy atom. The zero-order valence-corrected chi connectivity index (χ0v) is 79.5. The molecule has 27 aromatic carbocycles. The van der Waals surface area contributed by atoms with Gasteiger partial charge in [-0.1, -0.05) is 454 Å². The van der Waals surface area contributed by atoms with Gasteiger partial charge in [-0.2, -0.15) is 0 Å². The Labute approximate surface area is 820 Å². The Bertz CT molecular complexity index is 9920. The van der Waals surface area contributed by atoms with Gasteiger partial charge in [-0.3, -0.25) is 0 Å². The van der Waals surface area contributed by atoms with Crippen molar-refractivity contribution < 1.29 is 0 Å². The molecule has 0 atom stereocenters. The van der Waals surface area contributed by atoms with E-state index in [-0.39, 0.29) is 16.2 Å². The van der Waals surface area contributed by atoms with Gasteiger partial charge in [0.15, 0.2) is 0 Å². The van der Waals surface area contributed by atoms with Gasteiger partial charge in [-0.25, -0.2) is 0 Å². The average molecular weight is 1790 g/mol. The van der Waals surface area contributed by atoms with Gasteiger partial charge in [0.05, 0.1) is 0 Å². The first-order valence-electron chi connectivity index (χ1n) is 49.8. The Kier molecular flexibility index (Phi) is 18.3. The highest BCUT2D eigenvalue weighted by Crippen LogP contribution is 2.59. The maximum Gasteiger partial charge on any atom is 0.0159 e. The fraction of sp³-hybridized carbons (Fsp3) is 0.0638. The van der Waals surface area contributed by atoms with E-state index in [9.17, 15) is 0 Å². The summed E-state index contributed by atoms with van der Waals surface area (Å²) in [6.45, 7) is 14.3. The van der Waals surface area contributed by atoms with Crippen LogP contribution in [-0.2, 0) is 16.2 Å². The quantitative estimate of drug-likeness (QED) is 0.115. The Morgan fingerprint density at radius 1 is 0.106 bits per heavy atom. The third-order valence-electron chi connectivity index (χ3n) is 32.4. The highest BCUT2D eigenvalue weighted by atomic mass is 14.4. The second-order valence-electron chi connectivity index (χ2n) is 41.0. The standard InChI is InChI=1S/3C47H32/c1-47(2)42-25-24-31(28-41(42)46-33-16-6-3-13-29(33)23-26-43(46)47)44-36-19-9-11-21-38(36)45(39-22-12-10-20-37(39)44)40-27-30-14-4-5-15-32(30)34-17-7-8-18-35(34)40;1-47(2)43-24-23-32(27-40(43)41-25-29-13-3-4-14-30(29)28-44(41)47)45-36-19-9-11-21-38(36)46(39-22-12-10-20-37(39)45)42-26-31-15-5-6-16-33(31)34-17-7-8-18-35(34)42;1-47(2)43-28-32(23-24-36(43)41-25-29-13-3-4-14-30(29)27-44(41)47)45-37-19-9-11-21-39(37)46(40-22-12-10-20-38(40)45)42-26-31-15-5-6-16-33(31)34-17-7-8-18-35(34)42/h3*3-28H,1-2H3. The van der Waals surface area contributed by atoms with Crippen molar-refractivity contribution >= 4 is 162 Å². The molecule has 0 aromatic heterocycles. The molecule has 0 spiro atoms. The van der Waals surface area contributed by atoms with E-state index in [0.717, 1.165) is 0 Å². The molecule has 0 bridgehead atoms. The lowest BCUT2D eigenvalue weighted by Crippen LogP contribution is -2.15. The van der Waals surface area contributed by atoms with Crippen molar-refractivity contribution in [1.29, 1.82) is 0 Å². The molecule has 0 heterocycles. The lowest BCUT2D eigenvalue weighted by Gasteiger charge is -2.23. The molecule has 141 heavy (non-hydrogen) atoms. The van der Waals surface area contributed by atoms with Crippen LogP contribution in [0.4, 0.5) is 0 Å². The number of benzene rings is 27. The van der Waals surface area contributed by atoms with Crippen LogP contribution in [0.25, 0.3) is 262 Å². The third-order valence-corrected chi connectivity index (χ3v) is 32.4. The second kappa shape index (κ2) is 31.4. The molecule has 660 valence electrons. The van der Waals surface area contributed by atoms with Gasteiger partial charge in [0.2, 0.25) is 0 Å². The van der Waals surface area contributed by atoms with Crippen LogP contribution in [0.5, 0.6) is 0 Å². The monoisotopic (exact) mass is 1790 g/mol. The SMILES string of the molecule is CC1(C)c2cc(-c3c4ccccc4c(-c4cc5ccccc5c5ccccc45)c4ccccc34)ccc2-c2cc3ccccc3cc21.CC1(C)c2ccc(-c3c4ccccc4c(-c4cc5ccccc5c5ccccc45)c4ccccc34)cc2-c2c1ccc1ccccc21.CC1(C)c2ccc(-c3c4ccccc4c(-c4cc5ccccc5c5ccccc45)c4ccccc34)cc2-c2cc3ccccc3cc21. The van der Waals surface area contributed by atoms with Crippen LogP contribution in [-0.4, -0.2) is 0 Å². The molecule has 0 saturated heterocycles. The van der Waals surface area contributed by atoms with Gasteiger partial charge in [0.25, 0.3) is 0 Å². The molecule has 3 aliphatic carbocycles. The zero-order valence-electron chi connectivity index (χ0n) is 79.5. The number of rotatable bonds is 6. The van der Waals surface area contributed by atoms with Crippen LogP contribution in [0.3, 0.4) is 0 Å². The molecule has 0 unspecified atom stereocenters. The van der Waals surface area contributed by atoms with E-state index in [1.165, 1.54) is 295 Å². The lowest BCUT2D eigenvalue weighted by atomic mass is 9.80. The van der Waals surface area contributed by atoms with Gasteiger partial charge in [0, 0.05) is 16.2 Å². The van der Waals surface area contributed by atoms with E-state index in [1.54, 1.807) is 0 Å². The van der Waals surface area contributed by atoms with Crippen molar-refractivity contribution in [2.45, 2.75) is 57.8 Å². The van der Waals surface area contributed by atoms with Gasteiger partial charge < -0.3 is 0 Å².